The second-order valence-corrected chi connectivity index (χ2v) is 3.72. The molecule has 1 heterocycles. The molecular weight excluding hydrogens is 190 g/mol. The summed E-state index contributed by atoms with van der Waals surface area (Å²) in [6.45, 7) is 4.06. The lowest BCUT2D eigenvalue weighted by atomic mass is 10.1. The number of hydrogen-bond acceptors (Lipinski definition) is 2. The smallest absolute Gasteiger partial charge is 0.354 e. The number of aromatic nitrogens is 1. The lowest BCUT2D eigenvalue weighted by Crippen LogP contribution is -2.00. The number of benzene rings is 1. The zero-order chi connectivity index (χ0) is 11.0. The summed E-state index contributed by atoms with van der Waals surface area (Å²) in [5, 5.41) is 1.07. The third-order valence-electron chi connectivity index (χ3n) is 2.49. The first-order valence-corrected chi connectivity index (χ1v) is 4.80. The molecule has 0 amide bonds. The molecule has 0 unspecified atom stereocenters. The first-order chi connectivity index (χ1) is 7.11. The number of aryl methyl sites for hydroxylation is 2. The monoisotopic (exact) mass is 203 g/mol. The van der Waals surface area contributed by atoms with E-state index >= 15 is 0 Å². The number of methoxy groups -OCH3 is 1. The van der Waals surface area contributed by atoms with E-state index in [1.807, 2.05) is 26.0 Å². The number of esters is 1. The minimum absolute atomic E-state index is 0.330. The van der Waals surface area contributed by atoms with Crippen molar-refractivity contribution in [3.05, 3.63) is 35.0 Å². The zero-order valence-electron chi connectivity index (χ0n) is 9.05. The number of H-pyrrole nitrogens is 1. The van der Waals surface area contributed by atoms with Crippen LogP contribution < -0.4 is 0 Å². The van der Waals surface area contributed by atoms with E-state index in [-0.39, 0.29) is 5.97 Å². The summed E-state index contributed by atoms with van der Waals surface area (Å²) >= 11 is 0. The highest BCUT2D eigenvalue weighted by Crippen LogP contribution is 2.21. The molecule has 0 spiro atoms. The average Bonchev–Trinajstić information content (AvgIpc) is 2.60. The molecule has 0 saturated carbocycles. The predicted octanol–water partition coefficient (Wildman–Crippen LogP) is 2.57. The Bertz CT molecular complexity index is 526. The maximum atomic E-state index is 11.3. The third-order valence-corrected chi connectivity index (χ3v) is 2.49. The van der Waals surface area contributed by atoms with Crippen molar-refractivity contribution in [1.82, 2.24) is 4.98 Å². The molecule has 0 bridgehead atoms. The van der Waals surface area contributed by atoms with Gasteiger partial charge in [0.1, 0.15) is 5.69 Å². The van der Waals surface area contributed by atoms with E-state index in [1.54, 1.807) is 0 Å². The first kappa shape index (κ1) is 9.77. The van der Waals surface area contributed by atoms with E-state index in [2.05, 4.69) is 15.8 Å². The second-order valence-electron chi connectivity index (χ2n) is 3.72. The van der Waals surface area contributed by atoms with Crippen molar-refractivity contribution in [3.8, 4) is 0 Å². The summed E-state index contributed by atoms with van der Waals surface area (Å²) < 4.78 is 4.67. The summed E-state index contributed by atoms with van der Waals surface area (Å²) in [5.41, 5.74) is 3.82. The van der Waals surface area contributed by atoms with Crippen LogP contribution in [-0.4, -0.2) is 18.1 Å². The van der Waals surface area contributed by atoms with E-state index in [0.29, 0.717) is 5.69 Å². The molecule has 1 aromatic carbocycles. The molecule has 15 heavy (non-hydrogen) atoms. The minimum atomic E-state index is -0.330. The maximum Gasteiger partial charge on any atom is 0.354 e. The fraction of sp³-hybridized carbons (Fsp3) is 0.250. The zero-order valence-corrected chi connectivity index (χ0v) is 9.05. The van der Waals surface area contributed by atoms with Crippen LogP contribution in [0.5, 0.6) is 0 Å². The Morgan fingerprint density at radius 3 is 2.67 bits per heavy atom. The van der Waals surface area contributed by atoms with Gasteiger partial charge < -0.3 is 9.72 Å². The second kappa shape index (κ2) is 3.42. The Balaban J connectivity index is 2.65. The van der Waals surface area contributed by atoms with Crippen molar-refractivity contribution in [3.63, 3.8) is 0 Å². The van der Waals surface area contributed by atoms with Crippen molar-refractivity contribution < 1.29 is 9.53 Å². The molecule has 0 aliphatic carbocycles. The molecule has 3 nitrogen and oxygen atoms in total. The van der Waals surface area contributed by atoms with Crippen molar-refractivity contribution in [2.24, 2.45) is 0 Å². The van der Waals surface area contributed by atoms with Gasteiger partial charge in [-0.05, 0) is 37.1 Å². The summed E-state index contributed by atoms with van der Waals surface area (Å²) in [4.78, 5) is 14.4. The molecule has 78 valence electrons. The molecule has 2 rings (SSSR count). The quantitative estimate of drug-likeness (QED) is 0.724. The Morgan fingerprint density at radius 1 is 1.27 bits per heavy atom. The van der Waals surface area contributed by atoms with Gasteiger partial charge >= 0.3 is 5.97 Å². The molecular formula is C12H13NO2. The number of fused-ring (bicyclic) bond motifs is 1. The molecule has 0 fully saturated rings. The van der Waals surface area contributed by atoms with Gasteiger partial charge in [0.05, 0.1) is 7.11 Å². The Kier molecular flexibility index (Phi) is 2.23. The van der Waals surface area contributed by atoms with E-state index in [1.165, 1.54) is 12.7 Å². The van der Waals surface area contributed by atoms with Gasteiger partial charge in [-0.1, -0.05) is 6.07 Å². The van der Waals surface area contributed by atoms with Crippen LogP contribution in [0.4, 0.5) is 0 Å². The van der Waals surface area contributed by atoms with Crippen LogP contribution in [0, 0.1) is 13.8 Å². The Hall–Kier alpha value is -1.77. The van der Waals surface area contributed by atoms with Crippen LogP contribution in [-0.2, 0) is 4.74 Å². The summed E-state index contributed by atoms with van der Waals surface area (Å²) in [7, 11) is 1.38. The normalized spacial score (nSPS) is 10.6. The number of rotatable bonds is 1. The lowest BCUT2D eigenvalue weighted by Gasteiger charge is -1.97. The van der Waals surface area contributed by atoms with Gasteiger partial charge in [-0.2, -0.15) is 0 Å². The molecule has 0 saturated heterocycles. The van der Waals surface area contributed by atoms with Crippen molar-refractivity contribution in [1.29, 1.82) is 0 Å². The van der Waals surface area contributed by atoms with Gasteiger partial charge in [-0.25, -0.2) is 4.79 Å². The molecule has 0 atom stereocenters. The van der Waals surface area contributed by atoms with Crippen LogP contribution in [0.15, 0.2) is 18.2 Å². The van der Waals surface area contributed by atoms with Crippen LogP contribution >= 0.6 is 0 Å². The SMILES string of the molecule is COC(=O)c1cc2c(C)cc(C)cc2[nH]1. The van der Waals surface area contributed by atoms with Crippen LogP contribution in [0.2, 0.25) is 0 Å². The Labute approximate surface area is 88.1 Å². The first-order valence-electron chi connectivity index (χ1n) is 4.80. The Morgan fingerprint density at radius 2 is 2.00 bits per heavy atom. The number of hydrogen-bond donors (Lipinski definition) is 1. The third kappa shape index (κ3) is 1.61. The number of ether oxygens (including phenoxy) is 1. The fourth-order valence-electron chi connectivity index (χ4n) is 1.82. The van der Waals surface area contributed by atoms with Gasteiger partial charge in [-0.3, -0.25) is 0 Å². The summed E-state index contributed by atoms with van der Waals surface area (Å²) in [6.07, 6.45) is 0. The fourth-order valence-corrected chi connectivity index (χ4v) is 1.82. The number of aromatic amines is 1. The highest BCUT2D eigenvalue weighted by Gasteiger charge is 2.10. The van der Waals surface area contributed by atoms with E-state index < -0.39 is 0 Å². The van der Waals surface area contributed by atoms with Gasteiger partial charge in [0, 0.05) is 10.9 Å². The highest BCUT2D eigenvalue weighted by molar-refractivity contribution is 5.96. The lowest BCUT2D eigenvalue weighted by molar-refractivity contribution is 0.0595. The maximum absolute atomic E-state index is 11.3. The van der Waals surface area contributed by atoms with Crippen molar-refractivity contribution in [2.75, 3.05) is 7.11 Å². The topological polar surface area (TPSA) is 42.1 Å². The van der Waals surface area contributed by atoms with Crippen LogP contribution in [0.1, 0.15) is 21.6 Å². The van der Waals surface area contributed by atoms with E-state index in [4.69, 9.17) is 0 Å². The van der Waals surface area contributed by atoms with Gasteiger partial charge in [-0.15, -0.1) is 0 Å². The van der Waals surface area contributed by atoms with Crippen LogP contribution in [0.3, 0.4) is 0 Å². The molecule has 0 aliphatic rings. The standard InChI is InChI=1S/C12H13NO2/c1-7-4-8(2)9-6-11(12(14)15-3)13-10(9)5-7/h4-6,13H,1-3H3. The van der Waals surface area contributed by atoms with Crippen LogP contribution in [0.25, 0.3) is 10.9 Å². The molecule has 0 aliphatic heterocycles. The summed E-state index contributed by atoms with van der Waals surface area (Å²) in [6, 6.07) is 5.95. The number of nitrogens with one attached hydrogen (secondary N) is 1. The van der Waals surface area contributed by atoms with E-state index in [0.717, 1.165) is 16.5 Å². The average molecular weight is 203 g/mol. The van der Waals surface area contributed by atoms with E-state index in [9.17, 15) is 4.79 Å². The molecule has 1 N–H and O–H groups in total. The molecule has 0 radical (unpaired) electrons. The number of carbonyl (C=O) groups is 1. The van der Waals surface area contributed by atoms with Crippen molar-refractivity contribution >= 4 is 16.9 Å². The highest BCUT2D eigenvalue weighted by atomic mass is 16.5. The molecule has 3 heteroatoms. The largest absolute Gasteiger partial charge is 0.464 e. The molecule has 1 aromatic heterocycles. The number of carbonyl (C=O) groups excluding carboxylic acids is 1. The van der Waals surface area contributed by atoms with Gasteiger partial charge in [0.15, 0.2) is 0 Å². The summed E-state index contributed by atoms with van der Waals surface area (Å²) in [5.74, 6) is -0.330. The van der Waals surface area contributed by atoms with Gasteiger partial charge in [0.2, 0.25) is 0 Å². The van der Waals surface area contributed by atoms with Crippen molar-refractivity contribution in [2.45, 2.75) is 13.8 Å². The minimum Gasteiger partial charge on any atom is -0.464 e. The predicted molar refractivity (Wildman–Crippen MR) is 59.1 cm³/mol. The molecule has 2 aromatic rings. The van der Waals surface area contributed by atoms with Gasteiger partial charge in [0.25, 0.3) is 0 Å².